The number of hydrogen-bond acceptors (Lipinski definition) is 5. The highest BCUT2D eigenvalue weighted by molar-refractivity contribution is 7.22. The minimum Gasteiger partial charge on any atom is -0.455 e. The Kier molecular flexibility index (Phi) is 5.99. The summed E-state index contributed by atoms with van der Waals surface area (Å²) in [5.41, 5.74) is 2.63. The average molecular weight is 431 g/mol. The molecule has 0 unspecified atom stereocenters. The number of allylic oxidation sites excluding steroid dienone is 1. The minimum atomic E-state index is -0.276. The number of rotatable bonds is 6. The van der Waals surface area contributed by atoms with Crippen molar-refractivity contribution in [1.29, 1.82) is 5.26 Å². The molecule has 6 heteroatoms. The molecule has 0 fully saturated rings. The zero-order valence-corrected chi connectivity index (χ0v) is 17.7. The summed E-state index contributed by atoms with van der Waals surface area (Å²) in [6, 6.07) is 19.8. The summed E-state index contributed by atoms with van der Waals surface area (Å²) in [6.45, 7) is 1.88. The van der Waals surface area contributed by atoms with Gasteiger partial charge >= 0.3 is 0 Å². The summed E-state index contributed by atoms with van der Waals surface area (Å²) in [6.07, 6.45) is 3.16. The van der Waals surface area contributed by atoms with Gasteiger partial charge in [0.05, 0.1) is 18.1 Å². The van der Waals surface area contributed by atoms with Crippen molar-refractivity contribution in [3.63, 3.8) is 0 Å². The van der Waals surface area contributed by atoms with Gasteiger partial charge in [-0.2, -0.15) is 10.1 Å². The maximum Gasteiger partial charge on any atom is 0.166 e. The number of fused-ring (bicyclic) bond motifs is 1. The fraction of sp³-hybridized carbons (Fsp3) is 0.0800. The van der Waals surface area contributed by atoms with Gasteiger partial charge in [0.1, 0.15) is 11.6 Å². The van der Waals surface area contributed by atoms with Gasteiger partial charge < -0.3 is 9.62 Å². The smallest absolute Gasteiger partial charge is 0.166 e. The van der Waals surface area contributed by atoms with Crippen LogP contribution in [0.15, 0.2) is 66.7 Å². The molecule has 4 nitrogen and oxygen atoms in total. The van der Waals surface area contributed by atoms with Gasteiger partial charge in [0.25, 0.3) is 0 Å². The van der Waals surface area contributed by atoms with Crippen LogP contribution in [0.4, 0.5) is 4.39 Å². The van der Waals surface area contributed by atoms with Crippen LogP contribution in [0.25, 0.3) is 26.6 Å². The predicted molar refractivity (Wildman–Crippen MR) is 121 cm³/mol. The highest BCUT2D eigenvalue weighted by Gasteiger charge is 2.19. The van der Waals surface area contributed by atoms with Crippen LogP contribution in [0.3, 0.4) is 0 Å². The van der Waals surface area contributed by atoms with Gasteiger partial charge in [-0.3, -0.25) is 0 Å². The summed E-state index contributed by atoms with van der Waals surface area (Å²) in [4.78, 5) is 10.8. The Labute approximate surface area is 183 Å². The molecule has 0 N–H and O–H groups in total. The minimum absolute atomic E-state index is 0.276. The Morgan fingerprint density at radius 1 is 1.00 bits per heavy atom. The molecule has 0 aliphatic carbocycles. The van der Waals surface area contributed by atoms with Crippen molar-refractivity contribution in [2.75, 3.05) is 7.11 Å². The second-order valence-corrected chi connectivity index (χ2v) is 7.81. The van der Waals surface area contributed by atoms with E-state index in [1.807, 2.05) is 55.5 Å². The van der Waals surface area contributed by atoms with Crippen LogP contribution in [0.2, 0.25) is 0 Å². The van der Waals surface area contributed by atoms with E-state index in [0.29, 0.717) is 17.2 Å². The van der Waals surface area contributed by atoms with E-state index in [1.165, 1.54) is 25.3 Å². The van der Waals surface area contributed by atoms with E-state index in [0.717, 1.165) is 31.7 Å². The lowest BCUT2D eigenvalue weighted by Gasteiger charge is -2.10. The Balaban J connectivity index is 1.81. The summed E-state index contributed by atoms with van der Waals surface area (Å²) >= 11 is 1.54. The number of hydrogen-bond donors (Lipinski definition) is 0. The molecular formula is C25H18FNO3S. The molecular weight excluding hydrogens is 413 g/mol. The van der Waals surface area contributed by atoms with Gasteiger partial charge in [-0.15, -0.1) is 11.3 Å². The SMILES string of the molecule is COOc1ccc2c(Oc3ccc(/C=C/C#N)cc3)c(-c3ccc(F)cc3C)sc2c1. The van der Waals surface area contributed by atoms with Crippen LogP contribution in [-0.2, 0) is 4.89 Å². The standard InChI is InChI=1S/C25H18FNO3S/c1-16-14-18(26)7-11-21(16)25-24(22-12-10-20(30-28-2)15-23(22)31-25)29-19-8-5-17(6-9-19)4-3-13-27/h3-12,14-15H,1-2H3/b4-3+. The van der Waals surface area contributed by atoms with Crippen LogP contribution in [-0.4, -0.2) is 7.11 Å². The first-order chi connectivity index (χ1) is 15.1. The molecule has 1 heterocycles. The molecule has 0 saturated carbocycles. The average Bonchev–Trinajstić information content (AvgIpc) is 3.11. The Morgan fingerprint density at radius 2 is 1.77 bits per heavy atom. The molecule has 0 bridgehead atoms. The third-order valence-electron chi connectivity index (χ3n) is 4.68. The van der Waals surface area contributed by atoms with Gasteiger partial charge in [-0.25, -0.2) is 4.39 Å². The fourth-order valence-corrected chi connectivity index (χ4v) is 4.51. The number of benzene rings is 3. The molecule has 3 aromatic carbocycles. The Hall–Kier alpha value is -3.66. The number of thiophene rings is 1. The second kappa shape index (κ2) is 9.00. The van der Waals surface area contributed by atoms with Gasteiger partial charge in [-0.05, 0) is 66.1 Å². The third kappa shape index (κ3) is 4.43. The molecule has 0 radical (unpaired) electrons. The van der Waals surface area contributed by atoms with E-state index < -0.39 is 0 Å². The van der Waals surface area contributed by atoms with Crippen molar-refractivity contribution >= 4 is 27.5 Å². The molecule has 31 heavy (non-hydrogen) atoms. The van der Waals surface area contributed by atoms with Crippen molar-refractivity contribution in [3.8, 4) is 33.8 Å². The molecule has 0 aliphatic rings. The van der Waals surface area contributed by atoms with E-state index >= 15 is 0 Å². The van der Waals surface area contributed by atoms with E-state index in [2.05, 4.69) is 0 Å². The van der Waals surface area contributed by atoms with Crippen molar-refractivity contribution in [1.82, 2.24) is 0 Å². The highest BCUT2D eigenvalue weighted by atomic mass is 32.1. The lowest BCUT2D eigenvalue weighted by atomic mass is 10.1. The van der Waals surface area contributed by atoms with Gasteiger partial charge in [0.2, 0.25) is 0 Å². The lowest BCUT2D eigenvalue weighted by molar-refractivity contribution is -0.178. The molecule has 0 saturated heterocycles. The maximum atomic E-state index is 13.7. The number of aryl methyl sites for hydroxylation is 1. The highest BCUT2D eigenvalue weighted by Crippen LogP contribution is 2.48. The second-order valence-electron chi connectivity index (χ2n) is 6.76. The first kappa shape index (κ1) is 20.6. The summed E-state index contributed by atoms with van der Waals surface area (Å²) < 4.78 is 21.0. The molecule has 0 aliphatic heterocycles. The molecule has 4 aromatic rings. The van der Waals surface area contributed by atoms with Crippen molar-refractivity contribution in [2.24, 2.45) is 0 Å². The first-order valence-corrected chi connectivity index (χ1v) is 10.3. The number of halogens is 1. The molecule has 0 atom stereocenters. The molecule has 0 amide bonds. The topological polar surface area (TPSA) is 51.5 Å². The Bertz CT molecular complexity index is 1300. The summed E-state index contributed by atoms with van der Waals surface area (Å²) in [5, 5.41) is 9.60. The maximum absolute atomic E-state index is 13.7. The van der Waals surface area contributed by atoms with Gasteiger partial charge in [0, 0.05) is 22.2 Å². The zero-order valence-electron chi connectivity index (χ0n) is 16.9. The van der Waals surface area contributed by atoms with Gasteiger partial charge in [-0.1, -0.05) is 18.2 Å². The van der Waals surface area contributed by atoms with Crippen molar-refractivity contribution in [3.05, 3.63) is 83.7 Å². The molecule has 4 rings (SSSR count). The monoisotopic (exact) mass is 431 g/mol. The van der Waals surface area contributed by atoms with Crippen LogP contribution in [0.1, 0.15) is 11.1 Å². The van der Waals surface area contributed by atoms with Crippen molar-refractivity contribution in [2.45, 2.75) is 6.92 Å². The first-order valence-electron chi connectivity index (χ1n) is 9.47. The van der Waals surface area contributed by atoms with Crippen LogP contribution >= 0.6 is 11.3 Å². The fourth-order valence-electron chi connectivity index (χ4n) is 3.26. The summed E-state index contributed by atoms with van der Waals surface area (Å²) in [7, 11) is 1.45. The quantitative estimate of drug-likeness (QED) is 0.183. The zero-order chi connectivity index (χ0) is 21.8. The molecule has 0 spiro atoms. The number of nitriles is 1. The van der Waals surface area contributed by atoms with E-state index in [1.54, 1.807) is 23.5 Å². The third-order valence-corrected chi connectivity index (χ3v) is 5.85. The summed E-state index contributed by atoms with van der Waals surface area (Å²) in [5.74, 6) is 1.66. The van der Waals surface area contributed by atoms with E-state index in [-0.39, 0.29) is 5.82 Å². The van der Waals surface area contributed by atoms with Crippen molar-refractivity contribution < 1.29 is 18.9 Å². The van der Waals surface area contributed by atoms with Gasteiger partial charge in [0.15, 0.2) is 11.5 Å². The number of ether oxygens (including phenoxy) is 1. The van der Waals surface area contributed by atoms with E-state index in [4.69, 9.17) is 19.8 Å². The van der Waals surface area contributed by atoms with Crippen LogP contribution < -0.4 is 9.62 Å². The molecule has 1 aromatic heterocycles. The normalized spacial score (nSPS) is 11.0. The van der Waals surface area contributed by atoms with Crippen LogP contribution in [0, 0.1) is 24.1 Å². The predicted octanol–water partition coefficient (Wildman–Crippen LogP) is 7.29. The lowest BCUT2D eigenvalue weighted by Crippen LogP contribution is -1.90. The van der Waals surface area contributed by atoms with Crippen LogP contribution in [0.5, 0.6) is 17.2 Å². The number of nitrogens with zero attached hydrogens (tertiary/aromatic N) is 1. The largest absolute Gasteiger partial charge is 0.455 e. The Morgan fingerprint density at radius 3 is 2.48 bits per heavy atom. The van der Waals surface area contributed by atoms with E-state index in [9.17, 15) is 4.39 Å². The molecule has 154 valence electrons.